The Bertz CT molecular complexity index is 1320. The zero-order valence-corrected chi connectivity index (χ0v) is 30.8. The van der Waals surface area contributed by atoms with Gasteiger partial charge >= 0.3 is 17.9 Å². The highest BCUT2D eigenvalue weighted by Crippen LogP contribution is 2.75. The lowest BCUT2D eigenvalue weighted by molar-refractivity contribution is -0.213. The van der Waals surface area contributed by atoms with Gasteiger partial charge in [-0.1, -0.05) is 66.5 Å². The maximum Gasteiger partial charge on any atom is 0.306 e. The molecule has 8 nitrogen and oxygen atoms in total. The Kier molecular flexibility index (Phi) is 10.0. The second-order valence-electron chi connectivity index (χ2n) is 18.6. The molecule has 48 heavy (non-hydrogen) atoms. The van der Waals surface area contributed by atoms with E-state index >= 15 is 0 Å². The number of carbonyl (C=O) groups is 4. The summed E-state index contributed by atoms with van der Waals surface area (Å²) >= 11 is 0. The van der Waals surface area contributed by atoms with Crippen molar-refractivity contribution in [2.24, 2.45) is 50.2 Å². The number of esters is 1. The third-order valence-corrected chi connectivity index (χ3v) is 15.2. The zero-order chi connectivity index (χ0) is 35.3. The SMILES string of the molecule is CC1(C)CC[C@]2(C(=O)NCCCCCC(=O)O)CC[C@]3(C)C(=CC[C@@H]4[C@@]5(C)CC[C@H](OC(=O)CCC(=O)O)C(C)(C)[C@@H]5CC[C@]43C)[C@@H]2C1. The molecule has 8 atom stereocenters. The first-order valence-corrected chi connectivity index (χ1v) is 18.9. The molecule has 8 heteroatoms. The summed E-state index contributed by atoms with van der Waals surface area (Å²) in [6.45, 7) is 17.5. The van der Waals surface area contributed by atoms with Gasteiger partial charge in [-0.2, -0.15) is 0 Å². The van der Waals surface area contributed by atoms with Crippen LogP contribution in [0.15, 0.2) is 11.6 Å². The van der Waals surface area contributed by atoms with Crippen molar-refractivity contribution in [2.75, 3.05) is 6.54 Å². The highest BCUT2D eigenvalue weighted by molar-refractivity contribution is 5.84. The van der Waals surface area contributed by atoms with Crippen molar-refractivity contribution >= 4 is 23.8 Å². The fraction of sp³-hybridized carbons (Fsp3) is 0.850. The first-order chi connectivity index (χ1) is 22.3. The molecule has 5 aliphatic carbocycles. The molecule has 4 saturated carbocycles. The number of rotatable bonds is 11. The molecule has 3 N–H and O–H groups in total. The van der Waals surface area contributed by atoms with E-state index in [0.29, 0.717) is 24.8 Å². The first kappa shape index (κ1) is 36.9. The fourth-order valence-corrected chi connectivity index (χ4v) is 12.2. The number of carbonyl (C=O) groups excluding carboxylic acids is 2. The molecular formula is C40H63NO7. The summed E-state index contributed by atoms with van der Waals surface area (Å²) in [5, 5.41) is 21.4. The van der Waals surface area contributed by atoms with Crippen LogP contribution in [-0.4, -0.2) is 46.7 Å². The van der Waals surface area contributed by atoms with Gasteiger partial charge in [-0.25, -0.2) is 0 Å². The van der Waals surface area contributed by atoms with Crippen LogP contribution in [0.25, 0.3) is 0 Å². The van der Waals surface area contributed by atoms with Crippen LogP contribution in [0.1, 0.15) is 151 Å². The quantitative estimate of drug-likeness (QED) is 0.115. The lowest BCUT2D eigenvalue weighted by Gasteiger charge is -2.71. The predicted octanol–water partition coefficient (Wildman–Crippen LogP) is 8.33. The second kappa shape index (κ2) is 13.1. The minimum Gasteiger partial charge on any atom is -0.481 e. The molecular weight excluding hydrogens is 606 g/mol. The van der Waals surface area contributed by atoms with Crippen molar-refractivity contribution in [1.29, 1.82) is 0 Å². The van der Waals surface area contributed by atoms with Gasteiger partial charge in [0.25, 0.3) is 0 Å². The molecule has 0 spiro atoms. The van der Waals surface area contributed by atoms with Gasteiger partial charge in [0.05, 0.1) is 18.3 Å². The maximum atomic E-state index is 14.2. The minimum atomic E-state index is -0.977. The number of carboxylic acids is 2. The lowest BCUT2D eigenvalue weighted by Crippen LogP contribution is -2.65. The van der Waals surface area contributed by atoms with E-state index in [-0.39, 0.29) is 69.7 Å². The van der Waals surface area contributed by atoms with Crippen LogP contribution in [0.3, 0.4) is 0 Å². The van der Waals surface area contributed by atoms with E-state index in [2.05, 4.69) is 59.9 Å². The molecule has 0 aromatic carbocycles. The topological polar surface area (TPSA) is 130 Å². The van der Waals surface area contributed by atoms with Gasteiger partial charge in [0.15, 0.2) is 0 Å². The summed E-state index contributed by atoms with van der Waals surface area (Å²) in [5.41, 5.74) is 1.32. The monoisotopic (exact) mass is 669 g/mol. The van der Waals surface area contributed by atoms with Crippen molar-refractivity contribution in [3.8, 4) is 0 Å². The smallest absolute Gasteiger partial charge is 0.306 e. The van der Waals surface area contributed by atoms with E-state index < -0.39 is 17.9 Å². The van der Waals surface area contributed by atoms with Crippen molar-refractivity contribution in [3.63, 3.8) is 0 Å². The number of fused-ring (bicyclic) bond motifs is 7. The zero-order valence-electron chi connectivity index (χ0n) is 30.8. The number of carboxylic acid groups (broad SMARTS) is 2. The number of aliphatic carboxylic acids is 2. The van der Waals surface area contributed by atoms with Crippen molar-refractivity contribution in [3.05, 3.63) is 11.6 Å². The minimum absolute atomic E-state index is 0.00683. The van der Waals surface area contributed by atoms with Crippen LogP contribution in [-0.2, 0) is 23.9 Å². The van der Waals surface area contributed by atoms with Crippen molar-refractivity contribution in [1.82, 2.24) is 5.32 Å². The van der Waals surface area contributed by atoms with Gasteiger partial charge in [0.2, 0.25) is 5.91 Å². The molecule has 0 heterocycles. The standard InChI is InChI=1S/C40H63NO7/c1-35(2)20-22-40(34(47)41-24-10-8-9-11-31(42)43)23-21-38(6)26(27(40)25-35)12-13-29-37(5)18-17-30(48-33(46)15-14-32(44)45)36(3,4)28(37)16-19-39(29,38)7/h12,27-30H,8-11,13-25H2,1-7H3,(H,41,47)(H,42,43)(H,44,45)/t27-,28-,29+,30-,37-,38+,39+,40-/m0/s1. The molecule has 0 aliphatic heterocycles. The molecule has 0 bridgehead atoms. The van der Waals surface area contributed by atoms with E-state index in [0.717, 1.165) is 77.0 Å². The Balaban J connectivity index is 1.38. The molecule has 0 radical (unpaired) electrons. The largest absolute Gasteiger partial charge is 0.481 e. The molecule has 0 aromatic rings. The summed E-state index contributed by atoms with van der Waals surface area (Å²) in [5.74, 6) is -0.815. The normalized spacial score (nSPS) is 39.4. The number of allylic oxidation sites excluding steroid dienone is 2. The van der Waals surface area contributed by atoms with Gasteiger partial charge in [-0.05, 0) is 116 Å². The molecule has 0 aromatic heterocycles. The molecule has 0 unspecified atom stereocenters. The third-order valence-electron chi connectivity index (χ3n) is 15.2. The Hall–Kier alpha value is -2.38. The molecule has 270 valence electrons. The van der Waals surface area contributed by atoms with Gasteiger partial charge in [0, 0.05) is 18.4 Å². The molecule has 1 amide bonds. The molecule has 5 rings (SSSR count). The van der Waals surface area contributed by atoms with Crippen molar-refractivity contribution in [2.45, 2.75) is 157 Å². The average molecular weight is 670 g/mol. The van der Waals surface area contributed by atoms with Crippen LogP contribution in [0.4, 0.5) is 0 Å². The predicted molar refractivity (Wildman–Crippen MR) is 185 cm³/mol. The lowest BCUT2D eigenvalue weighted by atomic mass is 9.33. The van der Waals surface area contributed by atoms with Gasteiger partial charge in [-0.3, -0.25) is 19.2 Å². The highest BCUT2D eigenvalue weighted by atomic mass is 16.5. The van der Waals surface area contributed by atoms with E-state index in [4.69, 9.17) is 14.9 Å². The molecule has 4 fully saturated rings. The highest BCUT2D eigenvalue weighted by Gasteiger charge is 2.69. The van der Waals surface area contributed by atoms with Crippen molar-refractivity contribution < 1.29 is 34.1 Å². The summed E-state index contributed by atoms with van der Waals surface area (Å²) in [6, 6.07) is 0. The number of unbranched alkanes of at least 4 members (excludes halogenated alkanes) is 2. The third kappa shape index (κ3) is 6.25. The summed E-state index contributed by atoms with van der Waals surface area (Å²) in [4.78, 5) is 48.8. The average Bonchev–Trinajstić information content (AvgIpc) is 2.99. The van der Waals surface area contributed by atoms with E-state index in [1.165, 1.54) is 0 Å². The molecule has 0 saturated heterocycles. The van der Waals surface area contributed by atoms with Gasteiger partial charge in [0.1, 0.15) is 6.10 Å². The van der Waals surface area contributed by atoms with E-state index in [1.807, 2.05) is 0 Å². The van der Waals surface area contributed by atoms with E-state index in [1.54, 1.807) is 5.57 Å². The maximum absolute atomic E-state index is 14.2. The Labute approximate surface area is 288 Å². The van der Waals surface area contributed by atoms with E-state index in [9.17, 15) is 19.2 Å². The van der Waals surface area contributed by atoms with Gasteiger partial charge in [-0.15, -0.1) is 0 Å². The van der Waals surface area contributed by atoms with Crippen LogP contribution in [0, 0.1) is 50.2 Å². The number of ether oxygens (including phenoxy) is 1. The van der Waals surface area contributed by atoms with Gasteiger partial charge < -0.3 is 20.3 Å². The Morgan fingerprint density at radius 1 is 0.792 bits per heavy atom. The van der Waals surface area contributed by atoms with Crippen LogP contribution in [0.5, 0.6) is 0 Å². The number of hydrogen-bond acceptors (Lipinski definition) is 5. The first-order valence-electron chi connectivity index (χ1n) is 18.9. The summed E-state index contributed by atoms with van der Waals surface area (Å²) in [6.07, 6.45) is 14.5. The number of nitrogens with one attached hydrogen (secondary N) is 1. The Morgan fingerprint density at radius 2 is 1.48 bits per heavy atom. The van der Waals surface area contributed by atoms with Crippen LogP contribution >= 0.6 is 0 Å². The Morgan fingerprint density at radius 3 is 2.17 bits per heavy atom. The summed E-state index contributed by atoms with van der Waals surface area (Å²) < 4.78 is 6.01. The second-order valence-corrected chi connectivity index (χ2v) is 18.6. The molecule has 5 aliphatic rings. The van der Waals surface area contributed by atoms with Crippen LogP contribution in [0.2, 0.25) is 0 Å². The fourth-order valence-electron chi connectivity index (χ4n) is 12.2. The number of amides is 1. The summed E-state index contributed by atoms with van der Waals surface area (Å²) in [7, 11) is 0. The number of hydrogen-bond donors (Lipinski definition) is 3. The van der Waals surface area contributed by atoms with Crippen LogP contribution < -0.4 is 5.32 Å².